The number of anilines is 2. The van der Waals surface area contributed by atoms with Crippen LogP contribution in [0.1, 0.15) is 0 Å². The number of nitrogens with zero attached hydrogens (tertiary/aromatic N) is 1. The van der Waals surface area contributed by atoms with Gasteiger partial charge in [0.15, 0.2) is 0 Å². The van der Waals surface area contributed by atoms with Crippen molar-refractivity contribution in [2.75, 3.05) is 17.7 Å². The number of aromatic hydroxyl groups is 1. The molecule has 0 aliphatic carbocycles. The number of phenols is 1. The van der Waals surface area contributed by atoms with Gasteiger partial charge in [-0.05, 0) is 30.3 Å². The van der Waals surface area contributed by atoms with Crippen LogP contribution in [-0.2, 0) is 4.79 Å². The standard InChI is InChI=1S/C21H16ClN3O3/c1-28-20-9-8-14(22)10-18(20)25-21(27)13(11-23)12-24-17-6-2-5-16-15(17)4-3-7-19(16)26/h2-10,12,24,26H,1H3,(H,25,27)/b13-12-. The summed E-state index contributed by atoms with van der Waals surface area (Å²) in [6.07, 6.45) is 1.31. The summed E-state index contributed by atoms with van der Waals surface area (Å²) in [6.45, 7) is 0. The highest BCUT2D eigenvalue weighted by atomic mass is 35.5. The summed E-state index contributed by atoms with van der Waals surface area (Å²) in [4.78, 5) is 12.5. The summed E-state index contributed by atoms with van der Waals surface area (Å²) in [6, 6.07) is 17.1. The molecule has 0 unspecified atom stereocenters. The van der Waals surface area contributed by atoms with Gasteiger partial charge in [-0.25, -0.2) is 0 Å². The van der Waals surface area contributed by atoms with Gasteiger partial charge in [-0.15, -0.1) is 0 Å². The van der Waals surface area contributed by atoms with E-state index in [0.717, 1.165) is 5.39 Å². The minimum Gasteiger partial charge on any atom is -0.507 e. The number of phenolic OH excluding ortho intramolecular Hbond substituents is 1. The number of nitrogens with one attached hydrogen (secondary N) is 2. The lowest BCUT2D eigenvalue weighted by atomic mass is 10.1. The predicted molar refractivity (Wildman–Crippen MR) is 110 cm³/mol. The highest BCUT2D eigenvalue weighted by molar-refractivity contribution is 6.31. The Morgan fingerprint density at radius 3 is 2.64 bits per heavy atom. The summed E-state index contributed by atoms with van der Waals surface area (Å²) < 4.78 is 5.19. The molecule has 3 aromatic rings. The summed E-state index contributed by atoms with van der Waals surface area (Å²) in [5.74, 6) is -0.0393. The monoisotopic (exact) mass is 393 g/mol. The Morgan fingerprint density at radius 1 is 1.14 bits per heavy atom. The second-order valence-electron chi connectivity index (χ2n) is 5.79. The van der Waals surface area contributed by atoms with Crippen molar-refractivity contribution in [1.29, 1.82) is 5.26 Å². The van der Waals surface area contributed by atoms with Crippen molar-refractivity contribution in [2.45, 2.75) is 0 Å². The molecule has 0 saturated heterocycles. The van der Waals surface area contributed by atoms with E-state index in [1.54, 1.807) is 42.5 Å². The average Bonchev–Trinajstić information content (AvgIpc) is 2.69. The fourth-order valence-corrected chi connectivity index (χ4v) is 2.86. The number of carbonyl (C=O) groups excluding carboxylic acids is 1. The molecular weight excluding hydrogens is 378 g/mol. The number of carbonyl (C=O) groups is 1. The SMILES string of the molecule is COc1ccc(Cl)cc1NC(=O)/C(C#N)=C\Nc1cccc2c(O)cccc12. The molecule has 6 nitrogen and oxygen atoms in total. The summed E-state index contributed by atoms with van der Waals surface area (Å²) in [5.41, 5.74) is 0.865. The normalized spacial score (nSPS) is 11.0. The van der Waals surface area contributed by atoms with Gasteiger partial charge in [0.25, 0.3) is 5.91 Å². The van der Waals surface area contributed by atoms with Crippen LogP contribution in [0.5, 0.6) is 11.5 Å². The number of methoxy groups -OCH3 is 1. The van der Waals surface area contributed by atoms with Crippen molar-refractivity contribution < 1.29 is 14.6 Å². The molecule has 0 fully saturated rings. The molecule has 3 rings (SSSR count). The lowest BCUT2D eigenvalue weighted by Gasteiger charge is -2.11. The van der Waals surface area contributed by atoms with E-state index in [0.29, 0.717) is 27.5 Å². The van der Waals surface area contributed by atoms with Gasteiger partial charge >= 0.3 is 0 Å². The molecule has 7 heteroatoms. The Kier molecular flexibility index (Phi) is 5.68. The number of hydrogen-bond acceptors (Lipinski definition) is 5. The molecule has 3 N–H and O–H groups in total. The van der Waals surface area contributed by atoms with Crippen molar-refractivity contribution in [3.8, 4) is 17.6 Å². The molecule has 0 spiro atoms. The van der Waals surface area contributed by atoms with Gasteiger partial charge in [-0.3, -0.25) is 4.79 Å². The molecule has 0 aliphatic heterocycles. The maximum absolute atomic E-state index is 12.5. The lowest BCUT2D eigenvalue weighted by molar-refractivity contribution is -0.112. The van der Waals surface area contributed by atoms with Crippen LogP contribution in [0.25, 0.3) is 10.8 Å². The third-order valence-electron chi connectivity index (χ3n) is 4.05. The van der Waals surface area contributed by atoms with Gasteiger partial charge in [0.1, 0.15) is 23.1 Å². The second-order valence-corrected chi connectivity index (χ2v) is 6.23. The number of rotatable bonds is 5. The van der Waals surface area contributed by atoms with E-state index >= 15 is 0 Å². The molecule has 1 amide bonds. The Hall–Kier alpha value is -3.69. The molecule has 0 aliphatic rings. The molecule has 140 valence electrons. The molecule has 28 heavy (non-hydrogen) atoms. The largest absolute Gasteiger partial charge is 0.507 e. The van der Waals surface area contributed by atoms with E-state index in [9.17, 15) is 15.2 Å². The zero-order valence-electron chi connectivity index (χ0n) is 14.9. The zero-order valence-corrected chi connectivity index (χ0v) is 15.6. The predicted octanol–water partition coefficient (Wildman–Crippen LogP) is 4.67. The van der Waals surface area contributed by atoms with E-state index in [2.05, 4.69) is 10.6 Å². The average molecular weight is 394 g/mol. The Morgan fingerprint density at radius 2 is 1.89 bits per heavy atom. The number of hydrogen-bond donors (Lipinski definition) is 3. The first kappa shape index (κ1) is 19.1. The van der Waals surface area contributed by atoms with Crippen molar-refractivity contribution >= 4 is 39.7 Å². The van der Waals surface area contributed by atoms with E-state index in [4.69, 9.17) is 16.3 Å². The Bertz CT molecular complexity index is 1120. The van der Waals surface area contributed by atoms with E-state index in [-0.39, 0.29) is 11.3 Å². The van der Waals surface area contributed by atoms with Crippen molar-refractivity contribution in [2.24, 2.45) is 0 Å². The molecule has 0 bridgehead atoms. The van der Waals surface area contributed by atoms with Gasteiger partial charge in [0.2, 0.25) is 0 Å². The number of nitriles is 1. The van der Waals surface area contributed by atoms with Crippen molar-refractivity contribution in [1.82, 2.24) is 0 Å². The number of amides is 1. The molecule has 3 aromatic carbocycles. The van der Waals surface area contributed by atoms with Crippen LogP contribution < -0.4 is 15.4 Å². The van der Waals surface area contributed by atoms with Crippen LogP contribution in [0.15, 0.2) is 66.4 Å². The minimum absolute atomic E-state index is 0.140. The van der Waals surface area contributed by atoms with Gasteiger partial charge in [0, 0.05) is 27.7 Å². The number of ether oxygens (including phenoxy) is 1. The van der Waals surface area contributed by atoms with Gasteiger partial charge in [-0.1, -0.05) is 35.9 Å². The lowest BCUT2D eigenvalue weighted by Crippen LogP contribution is -2.15. The minimum atomic E-state index is -0.612. The number of halogens is 1. The molecule has 0 aromatic heterocycles. The Labute approximate surface area is 166 Å². The van der Waals surface area contributed by atoms with E-state index in [1.165, 1.54) is 19.4 Å². The summed E-state index contributed by atoms with van der Waals surface area (Å²) >= 11 is 5.96. The summed E-state index contributed by atoms with van der Waals surface area (Å²) in [5, 5.41) is 26.8. The maximum atomic E-state index is 12.5. The first-order chi connectivity index (χ1) is 13.5. The molecular formula is C21H16ClN3O3. The third-order valence-corrected chi connectivity index (χ3v) is 4.28. The van der Waals surface area contributed by atoms with Crippen LogP contribution in [0.2, 0.25) is 5.02 Å². The second kappa shape index (κ2) is 8.33. The highest BCUT2D eigenvalue weighted by Crippen LogP contribution is 2.30. The van der Waals surface area contributed by atoms with E-state index in [1.807, 2.05) is 12.1 Å². The fourth-order valence-electron chi connectivity index (χ4n) is 2.69. The van der Waals surface area contributed by atoms with Crippen LogP contribution in [0, 0.1) is 11.3 Å². The fraction of sp³-hybridized carbons (Fsp3) is 0.0476. The molecule has 0 heterocycles. The van der Waals surface area contributed by atoms with Gasteiger partial charge < -0.3 is 20.5 Å². The highest BCUT2D eigenvalue weighted by Gasteiger charge is 2.13. The van der Waals surface area contributed by atoms with Crippen LogP contribution in [-0.4, -0.2) is 18.1 Å². The first-order valence-corrected chi connectivity index (χ1v) is 8.63. The third kappa shape index (κ3) is 4.00. The quantitative estimate of drug-likeness (QED) is 0.432. The van der Waals surface area contributed by atoms with Crippen molar-refractivity contribution in [3.63, 3.8) is 0 Å². The van der Waals surface area contributed by atoms with Gasteiger partial charge in [-0.2, -0.15) is 5.26 Å². The van der Waals surface area contributed by atoms with Crippen LogP contribution in [0.3, 0.4) is 0 Å². The van der Waals surface area contributed by atoms with Gasteiger partial charge in [0.05, 0.1) is 12.8 Å². The molecule has 0 saturated carbocycles. The first-order valence-electron chi connectivity index (χ1n) is 8.26. The Balaban J connectivity index is 1.85. The van der Waals surface area contributed by atoms with Crippen molar-refractivity contribution in [3.05, 3.63) is 71.4 Å². The zero-order chi connectivity index (χ0) is 20.1. The smallest absolute Gasteiger partial charge is 0.267 e. The maximum Gasteiger partial charge on any atom is 0.267 e. The number of fused-ring (bicyclic) bond motifs is 1. The van der Waals surface area contributed by atoms with Crippen LogP contribution >= 0.6 is 11.6 Å². The topological polar surface area (TPSA) is 94.4 Å². The number of benzene rings is 3. The van der Waals surface area contributed by atoms with E-state index < -0.39 is 5.91 Å². The van der Waals surface area contributed by atoms with Crippen LogP contribution in [0.4, 0.5) is 11.4 Å². The molecule has 0 atom stereocenters. The molecule has 0 radical (unpaired) electrons. The summed E-state index contributed by atoms with van der Waals surface area (Å²) in [7, 11) is 1.47.